The van der Waals surface area contributed by atoms with Crippen molar-refractivity contribution in [3.63, 3.8) is 0 Å². The number of methoxy groups -OCH3 is 2. The molecule has 0 aliphatic carbocycles. The van der Waals surface area contributed by atoms with Gasteiger partial charge in [0.05, 0.1) is 19.9 Å². The van der Waals surface area contributed by atoms with Crippen LogP contribution in [0.2, 0.25) is 0 Å². The van der Waals surface area contributed by atoms with Crippen molar-refractivity contribution in [1.82, 2.24) is 0 Å². The molecule has 4 rings (SSSR count). The average Bonchev–Trinajstić information content (AvgIpc) is 3.24. The first-order valence-corrected chi connectivity index (χ1v) is 8.87. The number of nitrogens with zero attached hydrogens (tertiary/aromatic N) is 2. The molecular formula is C21H20N2O5. The number of rotatable bonds is 4. The standard InChI is InChI=1S/C21H20N2O5/c1-11-5-7-14(9-12(11)2)23-20(24)17-18(22-28-19(17)21(23)25)13-6-8-15(26-3)16(10-13)27-4/h5-10,17,19H,1-4H3/t17-,19+/m1/s1. The number of carbonyl (C=O) groups excluding carboxylic acids is 2. The van der Waals surface area contributed by atoms with E-state index in [0.717, 1.165) is 11.1 Å². The lowest BCUT2D eigenvalue weighted by Crippen LogP contribution is -2.33. The third kappa shape index (κ3) is 2.62. The average molecular weight is 380 g/mol. The first kappa shape index (κ1) is 18.0. The van der Waals surface area contributed by atoms with E-state index in [2.05, 4.69) is 5.16 Å². The molecule has 144 valence electrons. The number of carbonyl (C=O) groups is 2. The van der Waals surface area contributed by atoms with Crippen molar-refractivity contribution in [3.8, 4) is 11.5 Å². The van der Waals surface area contributed by atoms with Crippen molar-refractivity contribution < 1.29 is 23.9 Å². The van der Waals surface area contributed by atoms with E-state index in [1.165, 1.54) is 12.0 Å². The third-order valence-corrected chi connectivity index (χ3v) is 5.24. The van der Waals surface area contributed by atoms with Gasteiger partial charge in [0.15, 0.2) is 11.5 Å². The van der Waals surface area contributed by atoms with Gasteiger partial charge in [-0.3, -0.25) is 9.59 Å². The summed E-state index contributed by atoms with van der Waals surface area (Å²) in [5, 5.41) is 4.03. The van der Waals surface area contributed by atoms with Crippen LogP contribution in [0.3, 0.4) is 0 Å². The Morgan fingerprint density at radius 1 is 0.929 bits per heavy atom. The topological polar surface area (TPSA) is 77.4 Å². The Balaban J connectivity index is 1.70. The largest absolute Gasteiger partial charge is 0.493 e. The lowest BCUT2D eigenvalue weighted by molar-refractivity contribution is -0.126. The summed E-state index contributed by atoms with van der Waals surface area (Å²) in [6.07, 6.45) is -0.947. The van der Waals surface area contributed by atoms with Crippen LogP contribution in [0.15, 0.2) is 41.6 Å². The van der Waals surface area contributed by atoms with Gasteiger partial charge in [-0.2, -0.15) is 0 Å². The fourth-order valence-electron chi connectivity index (χ4n) is 3.53. The summed E-state index contributed by atoms with van der Waals surface area (Å²) in [6.45, 7) is 3.92. The summed E-state index contributed by atoms with van der Waals surface area (Å²) in [6, 6.07) is 10.7. The number of fused-ring (bicyclic) bond motifs is 1. The number of ether oxygens (including phenoxy) is 2. The van der Waals surface area contributed by atoms with Crippen molar-refractivity contribution in [3.05, 3.63) is 53.1 Å². The molecule has 0 N–H and O–H groups in total. The molecule has 0 aromatic heterocycles. The molecule has 0 bridgehead atoms. The van der Waals surface area contributed by atoms with E-state index in [4.69, 9.17) is 14.3 Å². The number of hydrogen-bond acceptors (Lipinski definition) is 6. The molecule has 2 aromatic carbocycles. The summed E-state index contributed by atoms with van der Waals surface area (Å²) in [5.41, 5.74) is 3.70. The summed E-state index contributed by atoms with van der Waals surface area (Å²) in [4.78, 5) is 32.6. The van der Waals surface area contributed by atoms with Crippen LogP contribution < -0.4 is 14.4 Å². The Bertz CT molecular complexity index is 1010. The van der Waals surface area contributed by atoms with Crippen LogP contribution >= 0.6 is 0 Å². The number of imide groups is 1. The minimum absolute atomic E-state index is 0.343. The molecule has 28 heavy (non-hydrogen) atoms. The molecule has 1 saturated heterocycles. The number of oxime groups is 1. The van der Waals surface area contributed by atoms with Gasteiger partial charge >= 0.3 is 0 Å². The predicted octanol–water partition coefficient (Wildman–Crippen LogP) is 2.61. The van der Waals surface area contributed by atoms with E-state index in [9.17, 15) is 9.59 Å². The Morgan fingerprint density at radius 3 is 2.36 bits per heavy atom. The van der Waals surface area contributed by atoms with Gasteiger partial charge in [0.2, 0.25) is 12.0 Å². The summed E-state index contributed by atoms with van der Waals surface area (Å²) in [7, 11) is 3.08. The van der Waals surface area contributed by atoms with Crippen molar-refractivity contribution in [1.29, 1.82) is 0 Å². The smallest absolute Gasteiger partial charge is 0.278 e. The maximum absolute atomic E-state index is 13.1. The van der Waals surface area contributed by atoms with Crippen molar-refractivity contribution >= 4 is 23.2 Å². The van der Waals surface area contributed by atoms with Crippen LogP contribution in [0.1, 0.15) is 16.7 Å². The highest BCUT2D eigenvalue weighted by Crippen LogP contribution is 2.37. The first-order valence-electron chi connectivity index (χ1n) is 8.87. The van der Waals surface area contributed by atoms with E-state index in [1.54, 1.807) is 31.4 Å². The van der Waals surface area contributed by atoms with Crippen LogP contribution in [0.25, 0.3) is 0 Å². The van der Waals surface area contributed by atoms with Crippen LogP contribution in [-0.4, -0.2) is 37.8 Å². The van der Waals surface area contributed by atoms with E-state index in [1.807, 2.05) is 26.0 Å². The van der Waals surface area contributed by atoms with Crippen LogP contribution in [-0.2, 0) is 14.4 Å². The zero-order valence-corrected chi connectivity index (χ0v) is 16.1. The molecule has 7 nitrogen and oxygen atoms in total. The second kappa shape index (κ2) is 6.67. The second-order valence-corrected chi connectivity index (χ2v) is 6.83. The highest BCUT2D eigenvalue weighted by molar-refractivity contribution is 6.32. The number of amides is 2. The van der Waals surface area contributed by atoms with E-state index in [-0.39, 0.29) is 5.91 Å². The molecule has 2 heterocycles. The second-order valence-electron chi connectivity index (χ2n) is 6.83. The van der Waals surface area contributed by atoms with Gasteiger partial charge in [0.1, 0.15) is 11.6 Å². The lowest BCUT2D eigenvalue weighted by Gasteiger charge is -2.17. The van der Waals surface area contributed by atoms with Gasteiger partial charge in [0.25, 0.3) is 5.91 Å². The van der Waals surface area contributed by atoms with Crippen LogP contribution in [0.5, 0.6) is 11.5 Å². The fourth-order valence-corrected chi connectivity index (χ4v) is 3.53. The zero-order chi connectivity index (χ0) is 20.0. The van der Waals surface area contributed by atoms with Gasteiger partial charge in [-0.25, -0.2) is 4.90 Å². The number of aryl methyl sites for hydroxylation is 2. The van der Waals surface area contributed by atoms with E-state index in [0.29, 0.717) is 28.5 Å². The SMILES string of the molecule is COc1ccc(C2=NO[C@@H]3C(=O)N(c4ccc(C)c(C)c4)C(=O)[C@H]23)cc1OC. The minimum Gasteiger partial charge on any atom is -0.493 e. The lowest BCUT2D eigenvalue weighted by atomic mass is 9.94. The Morgan fingerprint density at radius 2 is 1.68 bits per heavy atom. The van der Waals surface area contributed by atoms with Crippen LogP contribution in [0.4, 0.5) is 5.69 Å². The molecule has 2 aromatic rings. The predicted molar refractivity (Wildman–Crippen MR) is 103 cm³/mol. The Kier molecular flexibility index (Phi) is 4.30. The molecule has 1 fully saturated rings. The molecule has 0 saturated carbocycles. The molecule has 2 amide bonds. The monoisotopic (exact) mass is 380 g/mol. The summed E-state index contributed by atoms with van der Waals surface area (Å²) < 4.78 is 10.6. The van der Waals surface area contributed by atoms with Gasteiger partial charge in [0, 0.05) is 5.56 Å². The van der Waals surface area contributed by atoms with Crippen molar-refractivity contribution in [2.24, 2.45) is 11.1 Å². The number of anilines is 1. The van der Waals surface area contributed by atoms with E-state index >= 15 is 0 Å². The first-order chi connectivity index (χ1) is 13.5. The molecule has 7 heteroatoms. The normalized spacial score (nSPS) is 20.7. The summed E-state index contributed by atoms with van der Waals surface area (Å²) >= 11 is 0. The van der Waals surface area contributed by atoms with Crippen molar-refractivity contribution in [2.45, 2.75) is 20.0 Å². The third-order valence-electron chi connectivity index (χ3n) is 5.24. The minimum atomic E-state index is -0.947. The highest BCUT2D eigenvalue weighted by atomic mass is 16.7. The number of hydrogen-bond donors (Lipinski definition) is 0. The van der Waals surface area contributed by atoms with Crippen LogP contribution in [0, 0.1) is 19.8 Å². The maximum atomic E-state index is 13.1. The summed E-state index contributed by atoms with van der Waals surface area (Å²) in [5.74, 6) is -0.462. The fraction of sp³-hybridized carbons (Fsp3) is 0.286. The molecule has 2 aliphatic heterocycles. The number of benzene rings is 2. The molecule has 2 aliphatic rings. The molecule has 0 spiro atoms. The molecule has 2 atom stereocenters. The molecule has 0 unspecified atom stereocenters. The van der Waals surface area contributed by atoms with Crippen molar-refractivity contribution in [2.75, 3.05) is 19.1 Å². The van der Waals surface area contributed by atoms with Gasteiger partial charge < -0.3 is 14.3 Å². The van der Waals surface area contributed by atoms with Gasteiger partial charge in [-0.1, -0.05) is 11.2 Å². The Labute approximate surface area is 162 Å². The van der Waals surface area contributed by atoms with E-state index < -0.39 is 17.9 Å². The van der Waals surface area contributed by atoms with Gasteiger partial charge in [-0.15, -0.1) is 0 Å². The highest BCUT2D eigenvalue weighted by Gasteiger charge is 2.56. The Hall–Kier alpha value is -3.35. The molecular weight excluding hydrogens is 360 g/mol. The zero-order valence-electron chi connectivity index (χ0n) is 16.1. The molecule has 0 radical (unpaired) electrons. The van der Waals surface area contributed by atoms with Gasteiger partial charge in [-0.05, 0) is 55.3 Å². The quantitative estimate of drug-likeness (QED) is 0.762. The maximum Gasteiger partial charge on any atom is 0.278 e.